The molecule has 124 valence electrons. The molecule has 0 aliphatic heterocycles. The lowest BCUT2D eigenvalue weighted by Gasteiger charge is -2.09. The van der Waals surface area contributed by atoms with Crippen LogP contribution >= 0.6 is 0 Å². The summed E-state index contributed by atoms with van der Waals surface area (Å²) >= 11 is 0. The molecule has 0 fully saturated rings. The van der Waals surface area contributed by atoms with Gasteiger partial charge in [-0.3, -0.25) is 0 Å². The van der Waals surface area contributed by atoms with Gasteiger partial charge >= 0.3 is 0 Å². The van der Waals surface area contributed by atoms with E-state index < -0.39 is 0 Å². The summed E-state index contributed by atoms with van der Waals surface area (Å²) in [7, 11) is 0. The molecule has 0 aromatic heterocycles. The zero-order valence-electron chi connectivity index (χ0n) is 13.8. The molecule has 4 N–H and O–H groups in total. The van der Waals surface area contributed by atoms with Crippen molar-refractivity contribution in [1.29, 1.82) is 0 Å². The van der Waals surface area contributed by atoms with Crippen LogP contribution in [0.15, 0.2) is 0 Å². The van der Waals surface area contributed by atoms with Gasteiger partial charge in [0.2, 0.25) is 0 Å². The van der Waals surface area contributed by atoms with E-state index in [0.717, 1.165) is 44.9 Å². The molecular weight excluding hydrogens is 256 g/mol. The van der Waals surface area contributed by atoms with Crippen LogP contribution in [0, 0.1) is 0 Å². The largest absolute Gasteiger partial charge is 0.393 e. The molecule has 0 saturated carbocycles. The molecule has 0 radical (unpaired) electrons. The Bertz CT molecular complexity index is 183. The molecule has 0 aliphatic carbocycles. The summed E-state index contributed by atoms with van der Waals surface area (Å²) in [5, 5.41) is 36.0. The van der Waals surface area contributed by atoms with Crippen LogP contribution in [0.25, 0.3) is 0 Å². The van der Waals surface area contributed by atoms with Crippen LogP contribution < -0.4 is 0 Å². The van der Waals surface area contributed by atoms with Crippen molar-refractivity contribution >= 4 is 0 Å². The Morgan fingerprint density at radius 2 is 1.20 bits per heavy atom. The van der Waals surface area contributed by atoms with Crippen LogP contribution in [-0.2, 0) is 0 Å². The summed E-state index contributed by atoms with van der Waals surface area (Å²) in [6, 6.07) is 0. The molecule has 0 aromatic rings. The molecule has 0 heterocycles. The van der Waals surface area contributed by atoms with Crippen molar-refractivity contribution in [2.75, 3.05) is 0 Å². The third-order valence-corrected chi connectivity index (χ3v) is 3.17. The lowest BCUT2D eigenvalue weighted by molar-refractivity contribution is 0.116. The number of hydrogen-bond acceptors (Lipinski definition) is 4. The van der Waals surface area contributed by atoms with Crippen molar-refractivity contribution in [3.8, 4) is 0 Å². The second-order valence-corrected chi connectivity index (χ2v) is 5.71. The number of aliphatic hydroxyl groups excluding tert-OH is 4. The van der Waals surface area contributed by atoms with Gasteiger partial charge in [-0.1, -0.05) is 20.3 Å². The van der Waals surface area contributed by atoms with Crippen molar-refractivity contribution in [1.82, 2.24) is 0 Å². The predicted molar refractivity (Wildman–Crippen MR) is 83.7 cm³/mol. The second kappa shape index (κ2) is 15.2. The number of hydrogen-bond donors (Lipinski definition) is 4. The van der Waals surface area contributed by atoms with Gasteiger partial charge in [-0.15, -0.1) is 0 Å². The fourth-order valence-corrected chi connectivity index (χ4v) is 1.76. The van der Waals surface area contributed by atoms with Crippen LogP contribution in [0.2, 0.25) is 0 Å². The Balaban J connectivity index is 0. The average molecular weight is 292 g/mol. The van der Waals surface area contributed by atoms with Crippen molar-refractivity contribution in [2.24, 2.45) is 0 Å². The fraction of sp³-hybridized carbons (Fsp3) is 1.00. The van der Waals surface area contributed by atoms with E-state index in [1.54, 1.807) is 13.8 Å². The number of rotatable bonds is 10. The predicted octanol–water partition coefficient (Wildman–Crippen LogP) is 2.62. The van der Waals surface area contributed by atoms with E-state index in [1.807, 2.05) is 13.8 Å². The first kappa shape index (κ1) is 22.1. The minimum atomic E-state index is -0.272. The smallest absolute Gasteiger partial charge is 0.0541 e. The van der Waals surface area contributed by atoms with Gasteiger partial charge in [-0.25, -0.2) is 0 Å². The lowest BCUT2D eigenvalue weighted by Crippen LogP contribution is -2.10. The molecular formula is C16H36O4. The van der Waals surface area contributed by atoms with Crippen molar-refractivity contribution in [3.63, 3.8) is 0 Å². The van der Waals surface area contributed by atoms with Gasteiger partial charge in [0.25, 0.3) is 0 Å². The molecule has 4 heteroatoms. The van der Waals surface area contributed by atoms with E-state index in [0.29, 0.717) is 6.42 Å². The third kappa shape index (κ3) is 20.2. The molecule has 0 aliphatic rings. The van der Waals surface area contributed by atoms with Gasteiger partial charge < -0.3 is 20.4 Å². The Kier molecular flexibility index (Phi) is 16.9. The normalized spacial score (nSPS) is 16.8. The van der Waals surface area contributed by atoms with Gasteiger partial charge in [0, 0.05) is 0 Å². The summed E-state index contributed by atoms with van der Waals surface area (Å²) in [6.45, 7) is 7.54. The van der Waals surface area contributed by atoms with Crippen LogP contribution in [0.4, 0.5) is 0 Å². The maximum Gasteiger partial charge on any atom is 0.0541 e. The van der Waals surface area contributed by atoms with E-state index in [9.17, 15) is 5.11 Å². The molecule has 0 aromatic carbocycles. The summed E-state index contributed by atoms with van der Waals surface area (Å²) in [4.78, 5) is 0. The Morgan fingerprint density at radius 3 is 1.60 bits per heavy atom. The molecule has 0 saturated heterocycles. The first-order valence-corrected chi connectivity index (χ1v) is 8.05. The van der Waals surface area contributed by atoms with Gasteiger partial charge in [0.05, 0.1) is 24.4 Å². The summed E-state index contributed by atoms with van der Waals surface area (Å²) in [5.74, 6) is 0. The van der Waals surface area contributed by atoms with E-state index in [-0.39, 0.29) is 24.4 Å². The van der Waals surface area contributed by atoms with Gasteiger partial charge in [0.15, 0.2) is 0 Å². The first-order valence-electron chi connectivity index (χ1n) is 8.05. The standard InChI is InChI=1S/2C8H18O2/c1-3-8(10)6-4-5-7(2)9;1-3-4-8(10)6-5-7(2)9/h2*7-10H,3-6H2,1-2H3. The minimum Gasteiger partial charge on any atom is -0.393 e. The topological polar surface area (TPSA) is 80.9 Å². The first-order chi connectivity index (χ1) is 9.33. The zero-order chi connectivity index (χ0) is 16.0. The average Bonchev–Trinajstić information content (AvgIpc) is 2.37. The monoisotopic (exact) mass is 292 g/mol. The lowest BCUT2D eigenvalue weighted by atomic mass is 10.1. The maximum atomic E-state index is 9.19. The van der Waals surface area contributed by atoms with Crippen molar-refractivity contribution in [2.45, 2.75) is 103 Å². The third-order valence-electron chi connectivity index (χ3n) is 3.17. The molecule has 4 unspecified atom stereocenters. The van der Waals surface area contributed by atoms with Gasteiger partial charge in [0.1, 0.15) is 0 Å². The van der Waals surface area contributed by atoms with Crippen LogP contribution in [0.1, 0.15) is 79.1 Å². The second-order valence-electron chi connectivity index (χ2n) is 5.71. The maximum absolute atomic E-state index is 9.19. The van der Waals surface area contributed by atoms with E-state index in [4.69, 9.17) is 15.3 Å². The van der Waals surface area contributed by atoms with Gasteiger partial charge in [-0.2, -0.15) is 0 Å². The molecule has 0 bridgehead atoms. The molecule has 0 amide bonds. The highest BCUT2D eigenvalue weighted by Crippen LogP contribution is 2.06. The van der Waals surface area contributed by atoms with E-state index >= 15 is 0 Å². The molecule has 4 atom stereocenters. The summed E-state index contributed by atoms with van der Waals surface area (Å²) in [5.41, 5.74) is 0. The number of aliphatic hydroxyl groups is 4. The molecule has 0 rings (SSSR count). The highest BCUT2D eigenvalue weighted by atomic mass is 16.3. The summed E-state index contributed by atoms with van der Waals surface area (Å²) in [6.07, 6.45) is 5.81. The Hall–Kier alpha value is -0.160. The zero-order valence-corrected chi connectivity index (χ0v) is 13.8. The van der Waals surface area contributed by atoms with Gasteiger partial charge in [-0.05, 0) is 58.8 Å². The van der Waals surface area contributed by atoms with Crippen LogP contribution in [0.5, 0.6) is 0 Å². The molecule has 0 spiro atoms. The van der Waals surface area contributed by atoms with Crippen LogP contribution in [-0.4, -0.2) is 44.8 Å². The van der Waals surface area contributed by atoms with E-state index in [2.05, 4.69) is 0 Å². The molecule has 4 nitrogen and oxygen atoms in total. The quantitative estimate of drug-likeness (QED) is 0.499. The Morgan fingerprint density at radius 1 is 0.650 bits per heavy atom. The minimum absolute atomic E-state index is 0.168. The van der Waals surface area contributed by atoms with Crippen molar-refractivity contribution < 1.29 is 20.4 Å². The highest BCUT2D eigenvalue weighted by molar-refractivity contribution is 4.57. The summed E-state index contributed by atoms with van der Waals surface area (Å²) < 4.78 is 0. The highest BCUT2D eigenvalue weighted by Gasteiger charge is 2.03. The fourth-order valence-electron chi connectivity index (χ4n) is 1.76. The van der Waals surface area contributed by atoms with Crippen molar-refractivity contribution in [3.05, 3.63) is 0 Å². The van der Waals surface area contributed by atoms with E-state index in [1.165, 1.54) is 0 Å². The van der Waals surface area contributed by atoms with Crippen LogP contribution in [0.3, 0.4) is 0 Å². The SMILES string of the molecule is CCC(O)CCCC(C)O.CCCC(O)CCC(C)O. The Labute approximate surface area is 124 Å². The molecule has 20 heavy (non-hydrogen) atoms.